The summed E-state index contributed by atoms with van der Waals surface area (Å²) in [7, 11) is 0. The summed E-state index contributed by atoms with van der Waals surface area (Å²) in [5.41, 5.74) is 4.38. The maximum Gasteiger partial charge on any atom is 0.276 e. The third kappa shape index (κ3) is 4.94. The molecule has 7 nitrogen and oxygen atoms in total. The van der Waals surface area contributed by atoms with Gasteiger partial charge in [-0.2, -0.15) is 5.10 Å². The Kier molecular flexibility index (Phi) is 6.64. The van der Waals surface area contributed by atoms with Crippen molar-refractivity contribution in [2.45, 2.75) is 20.4 Å². The molecule has 3 rings (SSSR count). The number of rotatable bonds is 7. The average Bonchev–Trinajstić information content (AvgIpc) is 2.74. The van der Waals surface area contributed by atoms with Gasteiger partial charge in [0, 0.05) is 11.8 Å². The lowest BCUT2D eigenvalue weighted by molar-refractivity contribution is 0.0953. The summed E-state index contributed by atoms with van der Waals surface area (Å²) in [6.07, 6.45) is 2.93. The minimum Gasteiger partial charge on any atom is -0.504 e. The van der Waals surface area contributed by atoms with E-state index >= 15 is 0 Å². The van der Waals surface area contributed by atoms with Crippen LogP contribution in [0.2, 0.25) is 0 Å². The van der Waals surface area contributed by atoms with Crippen LogP contribution in [-0.2, 0) is 6.54 Å². The van der Waals surface area contributed by atoms with Crippen LogP contribution < -0.4 is 15.7 Å². The first kappa shape index (κ1) is 20.9. The summed E-state index contributed by atoms with van der Waals surface area (Å²) in [5, 5.41) is 14.0. The van der Waals surface area contributed by atoms with Gasteiger partial charge in [0.25, 0.3) is 11.5 Å². The molecule has 7 heteroatoms. The van der Waals surface area contributed by atoms with Gasteiger partial charge in [-0.15, -0.1) is 0 Å². The first-order chi connectivity index (χ1) is 14.5. The van der Waals surface area contributed by atoms with E-state index in [1.54, 1.807) is 30.5 Å². The highest BCUT2D eigenvalue weighted by atomic mass is 16.5. The summed E-state index contributed by atoms with van der Waals surface area (Å²) in [5.74, 6) is -0.373. The summed E-state index contributed by atoms with van der Waals surface area (Å²) in [6.45, 7) is 4.58. The van der Waals surface area contributed by atoms with Crippen LogP contribution in [0.15, 0.2) is 70.7 Å². The molecule has 0 unspecified atom stereocenters. The molecular weight excluding hydrogens is 382 g/mol. The lowest BCUT2D eigenvalue weighted by Crippen LogP contribution is -2.30. The molecule has 154 valence electrons. The molecular formula is C23H23N3O4. The van der Waals surface area contributed by atoms with Crippen molar-refractivity contribution in [1.82, 2.24) is 9.99 Å². The van der Waals surface area contributed by atoms with Gasteiger partial charge >= 0.3 is 0 Å². The fourth-order valence-electron chi connectivity index (χ4n) is 2.86. The number of nitrogens with one attached hydrogen (secondary N) is 1. The monoisotopic (exact) mass is 405 g/mol. The Bertz CT molecular complexity index is 1120. The quantitative estimate of drug-likeness (QED) is 0.467. The average molecular weight is 405 g/mol. The number of aromatic nitrogens is 1. The second-order valence-corrected chi connectivity index (χ2v) is 6.67. The van der Waals surface area contributed by atoms with Crippen LogP contribution in [-0.4, -0.2) is 28.4 Å². The zero-order valence-electron chi connectivity index (χ0n) is 16.8. The van der Waals surface area contributed by atoms with E-state index in [0.717, 1.165) is 11.1 Å². The Morgan fingerprint density at radius 3 is 2.67 bits per heavy atom. The summed E-state index contributed by atoms with van der Waals surface area (Å²) >= 11 is 0. The molecule has 0 aliphatic heterocycles. The fraction of sp³-hybridized carbons (Fsp3) is 0.174. The third-order valence-corrected chi connectivity index (χ3v) is 4.44. The van der Waals surface area contributed by atoms with Crippen molar-refractivity contribution in [1.29, 1.82) is 0 Å². The number of para-hydroxylation sites is 1. The number of amides is 1. The van der Waals surface area contributed by atoms with Crippen molar-refractivity contribution in [2.24, 2.45) is 5.10 Å². The molecule has 1 amide bonds. The van der Waals surface area contributed by atoms with Gasteiger partial charge in [0.15, 0.2) is 11.5 Å². The number of carbonyl (C=O) groups is 1. The largest absolute Gasteiger partial charge is 0.504 e. The van der Waals surface area contributed by atoms with E-state index in [9.17, 15) is 14.7 Å². The molecule has 30 heavy (non-hydrogen) atoms. The Balaban J connectivity index is 1.73. The Morgan fingerprint density at radius 1 is 1.17 bits per heavy atom. The highest BCUT2D eigenvalue weighted by Crippen LogP contribution is 2.28. The lowest BCUT2D eigenvalue weighted by atomic mass is 10.1. The van der Waals surface area contributed by atoms with E-state index in [2.05, 4.69) is 10.5 Å². The van der Waals surface area contributed by atoms with Gasteiger partial charge < -0.3 is 14.4 Å². The predicted molar refractivity (Wildman–Crippen MR) is 115 cm³/mol. The number of benzene rings is 2. The fourth-order valence-corrected chi connectivity index (χ4v) is 2.86. The minimum atomic E-state index is -0.630. The molecule has 2 N–H and O–H groups in total. The molecule has 0 fully saturated rings. The van der Waals surface area contributed by atoms with Crippen LogP contribution in [0.1, 0.15) is 34.0 Å². The highest BCUT2D eigenvalue weighted by molar-refractivity contribution is 5.94. The molecule has 0 saturated carbocycles. The molecule has 0 aliphatic rings. The van der Waals surface area contributed by atoms with Crippen molar-refractivity contribution in [3.8, 4) is 11.5 Å². The predicted octanol–water partition coefficient (Wildman–Crippen LogP) is 3.07. The van der Waals surface area contributed by atoms with Gasteiger partial charge in [-0.25, -0.2) is 5.43 Å². The number of carbonyl (C=O) groups excluding carboxylic acids is 1. The number of ether oxygens (including phenoxy) is 1. The lowest BCUT2D eigenvalue weighted by Gasteiger charge is -2.08. The summed E-state index contributed by atoms with van der Waals surface area (Å²) < 4.78 is 6.79. The van der Waals surface area contributed by atoms with Gasteiger partial charge in [-0.05, 0) is 43.7 Å². The second-order valence-electron chi connectivity index (χ2n) is 6.67. The van der Waals surface area contributed by atoms with Gasteiger partial charge in [-0.1, -0.05) is 35.9 Å². The van der Waals surface area contributed by atoms with Crippen LogP contribution in [0.25, 0.3) is 0 Å². The van der Waals surface area contributed by atoms with E-state index in [4.69, 9.17) is 4.74 Å². The molecule has 0 aliphatic carbocycles. The SMILES string of the molecule is CCOc1cccc(/C=N\NC(=O)c2cccn(Cc3ccc(C)cc3)c2=O)c1O. The highest BCUT2D eigenvalue weighted by Gasteiger charge is 2.12. The smallest absolute Gasteiger partial charge is 0.276 e. The van der Waals surface area contributed by atoms with Crippen LogP contribution >= 0.6 is 0 Å². The van der Waals surface area contributed by atoms with E-state index < -0.39 is 11.5 Å². The number of hydrazone groups is 1. The summed E-state index contributed by atoms with van der Waals surface area (Å²) in [4.78, 5) is 25.1. The van der Waals surface area contributed by atoms with Crippen molar-refractivity contribution in [3.05, 3.63) is 93.4 Å². The molecule has 0 spiro atoms. The first-order valence-corrected chi connectivity index (χ1v) is 9.52. The van der Waals surface area contributed by atoms with Gasteiger partial charge in [0.05, 0.1) is 19.4 Å². The van der Waals surface area contributed by atoms with Gasteiger partial charge in [0.1, 0.15) is 5.56 Å². The summed E-state index contributed by atoms with van der Waals surface area (Å²) in [6, 6.07) is 15.9. The van der Waals surface area contributed by atoms with Crippen molar-refractivity contribution < 1.29 is 14.6 Å². The van der Waals surface area contributed by atoms with Crippen LogP contribution in [0.5, 0.6) is 11.5 Å². The Hall–Kier alpha value is -3.87. The molecule has 3 aromatic rings. The molecule has 0 bridgehead atoms. The number of hydrogen-bond donors (Lipinski definition) is 2. The first-order valence-electron chi connectivity index (χ1n) is 9.52. The molecule has 1 heterocycles. The van der Waals surface area contributed by atoms with Crippen LogP contribution in [0, 0.1) is 6.92 Å². The van der Waals surface area contributed by atoms with Gasteiger partial charge in [0.2, 0.25) is 0 Å². The molecule has 2 aromatic carbocycles. The second kappa shape index (κ2) is 9.56. The van der Waals surface area contributed by atoms with E-state index in [1.165, 1.54) is 16.8 Å². The number of nitrogens with zero attached hydrogens (tertiary/aromatic N) is 2. The Labute approximate surface area is 174 Å². The van der Waals surface area contributed by atoms with Gasteiger partial charge in [-0.3, -0.25) is 9.59 Å². The van der Waals surface area contributed by atoms with Crippen molar-refractivity contribution in [2.75, 3.05) is 6.61 Å². The maximum absolute atomic E-state index is 12.7. The van der Waals surface area contributed by atoms with E-state index in [-0.39, 0.29) is 11.3 Å². The number of phenolic OH excluding ortho intramolecular Hbond substituents is 1. The number of aromatic hydroxyl groups is 1. The zero-order valence-corrected chi connectivity index (χ0v) is 16.8. The third-order valence-electron chi connectivity index (χ3n) is 4.44. The normalized spacial score (nSPS) is 10.9. The number of pyridine rings is 1. The van der Waals surface area contributed by atoms with Crippen molar-refractivity contribution in [3.63, 3.8) is 0 Å². The molecule has 0 saturated heterocycles. The van der Waals surface area contributed by atoms with E-state index in [1.807, 2.05) is 38.1 Å². The topological polar surface area (TPSA) is 92.9 Å². The minimum absolute atomic E-state index is 0.0194. The molecule has 0 atom stereocenters. The van der Waals surface area contributed by atoms with Crippen LogP contribution in [0.4, 0.5) is 0 Å². The standard InChI is InChI=1S/C23H23N3O4/c1-3-30-20-8-4-6-18(21(20)27)14-24-25-22(28)19-7-5-13-26(23(19)29)15-17-11-9-16(2)10-12-17/h4-14,27H,3,15H2,1-2H3,(H,25,28)/b24-14-. The van der Waals surface area contributed by atoms with E-state index in [0.29, 0.717) is 24.5 Å². The maximum atomic E-state index is 12.7. The Morgan fingerprint density at radius 2 is 1.93 bits per heavy atom. The van der Waals surface area contributed by atoms with Crippen molar-refractivity contribution >= 4 is 12.1 Å². The number of aryl methyl sites for hydroxylation is 1. The molecule has 0 radical (unpaired) electrons. The zero-order chi connectivity index (χ0) is 21.5. The number of phenols is 1. The molecule has 1 aromatic heterocycles. The number of hydrogen-bond acceptors (Lipinski definition) is 5. The van der Waals surface area contributed by atoms with Crippen LogP contribution in [0.3, 0.4) is 0 Å².